The van der Waals surface area contributed by atoms with Gasteiger partial charge in [-0.25, -0.2) is 4.39 Å². The molecule has 0 atom stereocenters. The lowest BCUT2D eigenvalue weighted by Crippen LogP contribution is -2.28. The van der Waals surface area contributed by atoms with Gasteiger partial charge in [0.1, 0.15) is 5.82 Å². The number of para-hydroxylation sites is 1. The Labute approximate surface area is 211 Å². The van der Waals surface area contributed by atoms with Crippen molar-refractivity contribution >= 4 is 68.5 Å². The van der Waals surface area contributed by atoms with Crippen molar-refractivity contribution < 1.29 is 9.18 Å². The van der Waals surface area contributed by atoms with Gasteiger partial charge in [0, 0.05) is 34.2 Å². The van der Waals surface area contributed by atoms with Crippen LogP contribution in [0, 0.1) is 19.7 Å². The molecule has 1 saturated heterocycles. The van der Waals surface area contributed by atoms with E-state index in [1.54, 1.807) is 11.0 Å². The summed E-state index contributed by atoms with van der Waals surface area (Å²) in [4.78, 5) is 15.5. The van der Waals surface area contributed by atoms with E-state index in [0.29, 0.717) is 20.8 Å². The molecule has 0 aliphatic carbocycles. The zero-order valence-corrected chi connectivity index (χ0v) is 20.9. The average Bonchev–Trinajstić information content (AvgIpc) is 3.27. The number of benzene rings is 3. The smallest absolute Gasteiger partial charge is 0.270 e. The lowest BCUT2D eigenvalue weighted by molar-refractivity contribution is -0.113. The fourth-order valence-electron chi connectivity index (χ4n) is 4.23. The molecule has 5 rings (SSSR count). The molecule has 0 spiro atoms. The van der Waals surface area contributed by atoms with Crippen LogP contribution in [0.2, 0.25) is 5.02 Å². The molecule has 4 aromatic rings. The molecule has 34 heavy (non-hydrogen) atoms. The Morgan fingerprint density at radius 3 is 2.65 bits per heavy atom. The molecule has 0 radical (unpaired) electrons. The van der Waals surface area contributed by atoms with Crippen LogP contribution >= 0.6 is 35.6 Å². The Kier molecular flexibility index (Phi) is 6.06. The summed E-state index contributed by atoms with van der Waals surface area (Å²) >= 11 is 13.2. The number of rotatable bonds is 4. The second-order valence-corrected chi connectivity index (χ2v) is 10.4. The molecular weight excluding hydrogens is 487 g/mol. The van der Waals surface area contributed by atoms with Gasteiger partial charge in [-0.15, -0.1) is 0 Å². The predicted octanol–water partition coefficient (Wildman–Crippen LogP) is 7.50. The Morgan fingerprint density at radius 2 is 1.88 bits per heavy atom. The van der Waals surface area contributed by atoms with Crippen LogP contribution in [0.3, 0.4) is 0 Å². The Balaban J connectivity index is 1.53. The highest BCUT2D eigenvalue weighted by atomic mass is 35.5. The Morgan fingerprint density at radius 1 is 1.09 bits per heavy atom. The standard InChI is InChI=1S/C27H20ClFN2OS2/c1-16-7-10-23(17(2)11-16)31-26(32)25(34-27(31)33)12-19-15-30(24-6-4-3-5-21(19)24)14-18-8-9-20(29)13-22(18)28/h3-13,15H,14H2,1-2H3/b25-12+. The summed E-state index contributed by atoms with van der Waals surface area (Å²) in [6, 6.07) is 18.4. The van der Waals surface area contributed by atoms with Crippen LogP contribution < -0.4 is 4.90 Å². The van der Waals surface area contributed by atoms with Crippen LogP contribution in [0.1, 0.15) is 22.3 Å². The van der Waals surface area contributed by atoms with Crippen molar-refractivity contribution in [3.63, 3.8) is 0 Å². The van der Waals surface area contributed by atoms with Crippen LogP contribution in [0.5, 0.6) is 0 Å². The van der Waals surface area contributed by atoms with Gasteiger partial charge in [0.25, 0.3) is 5.91 Å². The number of thiocarbonyl (C=S) groups is 1. The quantitative estimate of drug-likeness (QED) is 0.211. The first-order valence-corrected chi connectivity index (χ1v) is 12.3. The first-order valence-electron chi connectivity index (χ1n) is 10.7. The molecule has 2 heterocycles. The highest BCUT2D eigenvalue weighted by Crippen LogP contribution is 2.38. The number of carbonyl (C=O) groups is 1. The summed E-state index contributed by atoms with van der Waals surface area (Å²) in [6.45, 7) is 4.49. The van der Waals surface area contributed by atoms with E-state index in [4.69, 9.17) is 23.8 Å². The van der Waals surface area contributed by atoms with Crippen molar-refractivity contribution in [3.05, 3.63) is 105 Å². The molecule has 3 nitrogen and oxygen atoms in total. The fourth-order valence-corrected chi connectivity index (χ4v) is 5.73. The van der Waals surface area contributed by atoms with E-state index in [1.807, 2.05) is 68.6 Å². The summed E-state index contributed by atoms with van der Waals surface area (Å²) in [7, 11) is 0. The maximum absolute atomic E-state index is 13.5. The molecule has 0 unspecified atom stereocenters. The zero-order valence-electron chi connectivity index (χ0n) is 18.5. The molecule has 7 heteroatoms. The molecule has 0 bridgehead atoms. The lowest BCUT2D eigenvalue weighted by Gasteiger charge is -2.17. The van der Waals surface area contributed by atoms with Gasteiger partial charge in [0.05, 0.1) is 10.6 Å². The largest absolute Gasteiger partial charge is 0.342 e. The molecule has 170 valence electrons. The maximum Gasteiger partial charge on any atom is 0.270 e. The first kappa shape index (κ1) is 22.8. The van der Waals surface area contributed by atoms with E-state index >= 15 is 0 Å². The van der Waals surface area contributed by atoms with Gasteiger partial charge in [-0.2, -0.15) is 0 Å². The van der Waals surface area contributed by atoms with Gasteiger partial charge < -0.3 is 4.57 Å². The minimum absolute atomic E-state index is 0.125. The van der Waals surface area contributed by atoms with E-state index in [9.17, 15) is 9.18 Å². The van der Waals surface area contributed by atoms with Crippen LogP contribution in [0.4, 0.5) is 10.1 Å². The topological polar surface area (TPSA) is 25.2 Å². The number of aryl methyl sites for hydroxylation is 2. The number of anilines is 1. The summed E-state index contributed by atoms with van der Waals surface area (Å²) < 4.78 is 16.1. The van der Waals surface area contributed by atoms with Gasteiger partial charge in [-0.05, 0) is 55.3 Å². The monoisotopic (exact) mass is 506 g/mol. The van der Waals surface area contributed by atoms with Gasteiger partial charge in [0.2, 0.25) is 0 Å². The SMILES string of the molecule is Cc1ccc(N2C(=O)/C(=C\c3cn(Cc4ccc(F)cc4Cl)c4ccccc34)SC2=S)c(C)c1. The minimum atomic E-state index is -0.363. The number of thioether (sulfide) groups is 1. The molecule has 1 fully saturated rings. The van der Waals surface area contributed by atoms with E-state index in [-0.39, 0.29) is 11.7 Å². The molecule has 1 aliphatic heterocycles. The molecule has 0 saturated carbocycles. The average molecular weight is 507 g/mol. The third kappa shape index (κ3) is 4.17. The van der Waals surface area contributed by atoms with Gasteiger partial charge in [-0.1, -0.05) is 77.5 Å². The molecule has 1 aromatic heterocycles. The molecular formula is C27H20ClFN2OS2. The lowest BCUT2D eigenvalue weighted by atomic mass is 10.1. The highest BCUT2D eigenvalue weighted by molar-refractivity contribution is 8.27. The Hall–Kier alpha value is -2.93. The number of hydrogen-bond donors (Lipinski definition) is 0. The van der Waals surface area contributed by atoms with Gasteiger partial charge in [0.15, 0.2) is 4.32 Å². The number of amides is 1. The summed E-state index contributed by atoms with van der Waals surface area (Å²) in [5.74, 6) is -0.488. The summed E-state index contributed by atoms with van der Waals surface area (Å²) in [5, 5.41) is 1.39. The molecule has 3 aromatic carbocycles. The van der Waals surface area contributed by atoms with Crippen molar-refractivity contribution in [2.45, 2.75) is 20.4 Å². The number of aromatic nitrogens is 1. The second-order valence-electron chi connectivity index (χ2n) is 8.27. The third-order valence-corrected chi connectivity index (χ3v) is 7.50. The number of carbonyl (C=O) groups excluding carboxylic acids is 1. The third-order valence-electron chi connectivity index (χ3n) is 5.85. The van der Waals surface area contributed by atoms with Crippen molar-refractivity contribution in [3.8, 4) is 0 Å². The summed E-state index contributed by atoms with van der Waals surface area (Å²) in [5.41, 5.74) is 5.68. The Bertz CT molecular complexity index is 1510. The van der Waals surface area contributed by atoms with Crippen LogP contribution in [-0.4, -0.2) is 14.8 Å². The van der Waals surface area contributed by atoms with Crippen LogP contribution in [0.15, 0.2) is 71.8 Å². The zero-order chi connectivity index (χ0) is 24.0. The van der Waals surface area contributed by atoms with Gasteiger partial charge >= 0.3 is 0 Å². The second kappa shape index (κ2) is 9.02. The minimum Gasteiger partial charge on any atom is -0.342 e. The number of nitrogens with zero attached hydrogens (tertiary/aromatic N) is 2. The fraction of sp³-hybridized carbons (Fsp3) is 0.111. The highest BCUT2D eigenvalue weighted by Gasteiger charge is 2.34. The number of hydrogen-bond acceptors (Lipinski definition) is 3. The van der Waals surface area contributed by atoms with E-state index in [0.717, 1.165) is 38.8 Å². The first-order chi connectivity index (χ1) is 16.3. The molecule has 0 N–H and O–H groups in total. The van der Waals surface area contributed by atoms with Gasteiger partial charge in [-0.3, -0.25) is 9.69 Å². The van der Waals surface area contributed by atoms with E-state index in [1.165, 1.54) is 23.9 Å². The van der Waals surface area contributed by atoms with Crippen molar-refractivity contribution in [2.75, 3.05) is 4.90 Å². The van der Waals surface area contributed by atoms with Crippen LogP contribution in [0.25, 0.3) is 17.0 Å². The van der Waals surface area contributed by atoms with Crippen molar-refractivity contribution in [1.82, 2.24) is 4.57 Å². The van der Waals surface area contributed by atoms with Crippen molar-refractivity contribution in [2.24, 2.45) is 0 Å². The maximum atomic E-state index is 13.5. The number of fused-ring (bicyclic) bond motifs is 1. The normalized spacial score (nSPS) is 15.2. The van der Waals surface area contributed by atoms with Crippen molar-refractivity contribution in [1.29, 1.82) is 0 Å². The molecule has 1 aliphatic rings. The summed E-state index contributed by atoms with van der Waals surface area (Å²) in [6.07, 6.45) is 3.89. The number of halogens is 2. The molecule has 1 amide bonds. The van der Waals surface area contributed by atoms with Crippen LogP contribution in [-0.2, 0) is 11.3 Å². The predicted molar refractivity (Wildman–Crippen MR) is 144 cm³/mol. The van der Waals surface area contributed by atoms with E-state index in [2.05, 4.69) is 4.57 Å². The van der Waals surface area contributed by atoms with E-state index < -0.39 is 0 Å².